The number of hydrogen-bond acceptors (Lipinski definition) is 4. The topological polar surface area (TPSA) is 56.5 Å². The van der Waals surface area contributed by atoms with Gasteiger partial charge in [0, 0.05) is 17.0 Å². The second-order valence-corrected chi connectivity index (χ2v) is 7.38. The largest absolute Gasteiger partial charge is 0.461 e. The van der Waals surface area contributed by atoms with Crippen LogP contribution in [0.3, 0.4) is 0 Å². The third kappa shape index (κ3) is 4.18. The van der Waals surface area contributed by atoms with Crippen molar-refractivity contribution in [1.29, 1.82) is 0 Å². The fraction of sp³-hybridized carbons (Fsp3) is 0.154. The van der Waals surface area contributed by atoms with Crippen molar-refractivity contribution in [3.05, 3.63) is 105 Å². The highest BCUT2D eigenvalue weighted by Crippen LogP contribution is 2.24. The van der Waals surface area contributed by atoms with E-state index in [2.05, 4.69) is 0 Å². The van der Waals surface area contributed by atoms with Gasteiger partial charge in [-0.15, -0.1) is 0 Å². The Labute approximate surface area is 174 Å². The first kappa shape index (κ1) is 19.6. The van der Waals surface area contributed by atoms with Crippen LogP contribution in [-0.4, -0.2) is 5.97 Å². The number of rotatable bonds is 5. The molecule has 0 bridgehead atoms. The van der Waals surface area contributed by atoms with Crippen LogP contribution in [0, 0.1) is 13.8 Å². The molecule has 3 aromatic carbocycles. The maximum absolute atomic E-state index is 12.4. The fourth-order valence-corrected chi connectivity index (χ4v) is 3.47. The summed E-state index contributed by atoms with van der Waals surface area (Å²) in [5, 5.41) is 0.790. The average Bonchev–Trinajstić information content (AvgIpc) is 2.76. The molecule has 0 spiro atoms. The summed E-state index contributed by atoms with van der Waals surface area (Å²) in [6.07, 6.45) is 0.173. The lowest BCUT2D eigenvalue weighted by Crippen LogP contribution is -2.10. The van der Waals surface area contributed by atoms with Crippen molar-refractivity contribution in [1.82, 2.24) is 0 Å². The second kappa shape index (κ2) is 8.37. The van der Waals surface area contributed by atoms with E-state index in [1.54, 1.807) is 0 Å². The minimum absolute atomic E-state index is 0.0333. The number of aryl methyl sites for hydroxylation is 2. The molecule has 0 radical (unpaired) electrons. The molecule has 4 nitrogen and oxygen atoms in total. The van der Waals surface area contributed by atoms with Gasteiger partial charge in [-0.1, -0.05) is 66.7 Å². The van der Waals surface area contributed by atoms with Crippen LogP contribution in [0.25, 0.3) is 22.1 Å². The number of carbonyl (C=O) groups excluding carboxylic acids is 1. The highest BCUT2D eigenvalue weighted by atomic mass is 16.5. The highest BCUT2D eigenvalue weighted by Gasteiger charge is 2.12. The monoisotopic (exact) mass is 398 g/mol. The minimum Gasteiger partial charge on any atom is -0.461 e. The Hall–Kier alpha value is -3.66. The summed E-state index contributed by atoms with van der Waals surface area (Å²) in [6.45, 7) is 3.91. The maximum atomic E-state index is 12.4. The van der Waals surface area contributed by atoms with Crippen LogP contribution in [0.15, 0.2) is 82.0 Å². The standard InChI is InChI=1S/C26H22O4/c1-17-8-13-23-22(15-25(28)30-26(23)18(17)2)16-29-24(27)14-19-9-11-21(12-10-19)20-6-4-3-5-7-20/h3-13,15H,14,16H2,1-2H3. The summed E-state index contributed by atoms with van der Waals surface area (Å²) in [6, 6.07) is 23.2. The summed E-state index contributed by atoms with van der Waals surface area (Å²) >= 11 is 0. The van der Waals surface area contributed by atoms with Crippen molar-refractivity contribution >= 4 is 16.9 Å². The Balaban J connectivity index is 1.45. The first-order valence-electron chi connectivity index (χ1n) is 9.84. The van der Waals surface area contributed by atoms with Gasteiger partial charge in [0.05, 0.1) is 6.42 Å². The van der Waals surface area contributed by atoms with Crippen molar-refractivity contribution in [3.8, 4) is 11.1 Å². The Morgan fingerprint density at radius 3 is 2.33 bits per heavy atom. The number of carbonyl (C=O) groups is 1. The van der Waals surface area contributed by atoms with E-state index in [1.807, 2.05) is 80.6 Å². The van der Waals surface area contributed by atoms with Gasteiger partial charge in [0.25, 0.3) is 0 Å². The summed E-state index contributed by atoms with van der Waals surface area (Å²) in [7, 11) is 0. The number of hydrogen-bond donors (Lipinski definition) is 0. The van der Waals surface area contributed by atoms with E-state index in [1.165, 1.54) is 6.07 Å². The number of ether oxygens (including phenoxy) is 1. The van der Waals surface area contributed by atoms with Crippen molar-refractivity contribution in [2.24, 2.45) is 0 Å². The molecular weight excluding hydrogens is 376 g/mol. The molecule has 0 aliphatic carbocycles. The van der Waals surface area contributed by atoms with E-state index in [9.17, 15) is 9.59 Å². The highest BCUT2D eigenvalue weighted by molar-refractivity contribution is 5.84. The third-order valence-electron chi connectivity index (χ3n) is 5.32. The van der Waals surface area contributed by atoms with Crippen LogP contribution in [0.1, 0.15) is 22.3 Å². The molecule has 0 saturated carbocycles. The molecule has 0 saturated heterocycles. The van der Waals surface area contributed by atoms with Gasteiger partial charge >= 0.3 is 11.6 Å². The maximum Gasteiger partial charge on any atom is 0.336 e. The van der Waals surface area contributed by atoms with Gasteiger partial charge in [0.15, 0.2) is 0 Å². The summed E-state index contributed by atoms with van der Waals surface area (Å²) in [5.74, 6) is -0.340. The molecule has 4 heteroatoms. The zero-order valence-corrected chi connectivity index (χ0v) is 17.0. The van der Waals surface area contributed by atoms with Crippen LogP contribution in [0.2, 0.25) is 0 Å². The third-order valence-corrected chi connectivity index (χ3v) is 5.32. The van der Waals surface area contributed by atoms with Crippen LogP contribution in [0.4, 0.5) is 0 Å². The van der Waals surface area contributed by atoms with E-state index in [4.69, 9.17) is 9.15 Å². The van der Waals surface area contributed by atoms with Gasteiger partial charge in [0.1, 0.15) is 12.2 Å². The molecule has 4 aromatic rings. The van der Waals surface area contributed by atoms with Crippen molar-refractivity contribution < 1.29 is 13.9 Å². The molecule has 0 fully saturated rings. The van der Waals surface area contributed by atoms with Gasteiger partial charge < -0.3 is 9.15 Å². The zero-order chi connectivity index (χ0) is 21.1. The molecule has 0 N–H and O–H groups in total. The van der Waals surface area contributed by atoms with Crippen LogP contribution < -0.4 is 5.63 Å². The normalized spacial score (nSPS) is 10.9. The van der Waals surface area contributed by atoms with E-state index >= 15 is 0 Å². The van der Waals surface area contributed by atoms with Crippen molar-refractivity contribution in [2.75, 3.05) is 0 Å². The zero-order valence-electron chi connectivity index (χ0n) is 17.0. The van der Waals surface area contributed by atoms with E-state index in [-0.39, 0.29) is 19.0 Å². The van der Waals surface area contributed by atoms with Crippen molar-refractivity contribution in [2.45, 2.75) is 26.9 Å². The molecular formula is C26H22O4. The molecule has 0 aliphatic rings. The first-order chi connectivity index (χ1) is 14.5. The molecule has 0 amide bonds. The predicted molar refractivity (Wildman–Crippen MR) is 117 cm³/mol. The van der Waals surface area contributed by atoms with E-state index < -0.39 is 5.63 Å². The SMILES string of the molecule is Cc1ccc2c(COC(=O)Cc3ccc(-c4ccccc4)cc3)cc(=O)oc2c1C. The molecule has 30 heavy (non-hydrogen) atoms. The quantitative estimate of drug-likeness (QED) is 0.335. The Morgan fingerprint density at radius 2 is 1.60 bits per heavy atom. The fourth-order valence-electron chi connectivity index (χ4n) is 3.47. The molecule has 0 atom stereocenters. The summed E-state index contributed by atoms with van der Waals surface area (Å²) in [4.78, 5) is 24.3. The molecule has 1 aromatic heterocycles. The summed E-state index contributed by atoms with van der Waals surface area (Å²) < 4.78 is 10.8. The van der Waals surface area contributed by atoms with Crippen molar-refractivity contribution in [3.63, 3.8) is 0 Å². The molecule has 0 aliphatic heterocycles. The van der Waals surface area contributed by atoms with Gasteiger partial charge in [-0.05, 0) is 41.7 Å². The Kier molecular flexibility index (Phi) is 5.48. The second-order valence-electron chi connectivity index (χ2n) is 7.38. The van der Waals surface area contributed by atoms with Gasteiger partial charge in [0.2, 0.25) is 0 Å². The van der Waals surface area contributed by atoms with Gasteiger partial charge in [-0.25, -0.2) is 4.79 Å². The number of fused-ring (bicyclic) bond motifs is 1. The average molecular weight is 398 g/mol. The summed E-state index contributed by atoms with van der Waals surface area (Å²) in [5.41, 5.74) is 5.81. The van der Waals surface area contributed by atoms with Crippen LogP contribution >= 0.6 is 0 Å². The molecule has 150 valence electrons. The minimum atomic E-state index is -0.446. The van der Waals surface area contributed by atoms with Crippen LogP contribution in [0.5, 0.6) is 0 Å². The van der Waals surface area contributed by atoms with Gasteiger partial charge in [-0.3, -0.25) is 4.79 Å². The molecule has 1 heterocycles. The Morgan fingerprint density at radius 1 is 0.900 bits per heavy atom. The Bertz CT molecular complexity index is 1250. The van der Waals surface area contributed by atoms with E-state index in [0.717, 1.165) is 33.2 Å². The molecule has 0 unspecified atom stereocenters. The predicted octanol–water partition coefficient (Wildman–Crippen LogP) is 5.36. The van der Waals surface area contributed by atoms with E-state index in [0.29, 0.717) is 11.1 Å². The number of esters is 1. The first-order valence-corrected chi connectivity index (χ1v) is 9.84. The lowest BCUT2D eigenvalue weighted by atomic mass is 10.0. The number of benzene rings is 3. The smallest absolute Gasteiger partial charge is 0.336 e. The lowest BCUT2D eigenvalue weighted by molar-refractivity contribution is -0.144. The van der Waals surface area contributed by atoms with Gasteiger partial charge in [-0.2, -0.15) is 0 Å². The lowest BCUT2D eigenvalue weighted by Gasteiger charge is -2.10. The van der Waals surface area contributed by atoms with Crippen LogP contribution in [-0.2, 0) is 22.6 Å². The molecule has 4 rings (SSSR count).